The Labute approximate surface area is 111 Å². The van der Waals surface area contributed by atoms with E-state index in [0.717, 1.165) is 12.2 Å². The average molecular weight is 259 g/mol. The van der Waals surface area contributed by atoms with Crippen LogP contribution in [0.25, 0.3) is 11.4 Å². The summed E-state index contributed by atoms with van der Waals surface area (Å²) < 4.78 is 1.63. The molecular formula is C13H17N5O. The molecule has 0 aromatic carbocycles. The fourth-order valence-corrected chi connectivity index (χ4v) is 1.72. The smallest absolute Gasteiger partial charge is 0.266 e. The number of rotatable bonds is 5. The van der Waals surface area contributed by atoms with Crippen LogP contribution in [0.4, 0.5) is 0 Å². The first-order valence-electron chi connectivity index (χ1n) is 6.01. The van der Waals surface area contributed by atoms with Crippen LogP contribution in [0.1, 0.15) is 10.5 Å². The number of amides is 1. The van der Waals surface area contributed by atoms with Gasteiger partial charge in [-0.1, -0.05) is 6.07 Å². The molecule has 100 valence electrons. The van der Waals surface area contributed by atoms with Gasteiger partial charge in [0, 0.05) is 12.7 Å². The summed E-state index contributed by atoms with van der Waals surface area (Å²) >= 11 is 0. The molecule has 0 aliphatic rings. The maximum absolute atomic E-state index is 11.4. The summed E-state index contributed by atoms with van der Waals surface area (Å²) in [5.74, 6) is -0.478. The highest BCUT2D eigenvalue weighted by Crippen LogP contribution is 2.16. The first-order chi connectivity index (χ1) is 9.08. The van der Waals surface area contributed by atoms with Crippen molar-refractivity contribution in [2.45, 2.75) is 6.54 Å². The third kappa shape index (κ3) is 3.17. The molecule has 0 unspecified atom stereocenters. The molecule has 6 nitrogen and oxygen atoms in total. The van der Waals surface area contributed by atoms with Crippen LogP contribution in [0.15, 0.2) is 30.5 Å². The zero-order chi connectivity index (χ0) is 13.8. The molecule has 0 spiro atoms. The SMILES string of the molecule is CN(C)CCn1nc(-c2ccccn2)cc1C(N)=O. The number of primary amides is 1. The highest BCUT2D eigenvalue weighted by atomic mass is 16.1. The van der Waals surface area contributed by atoms with Crippen molar-refractivity contribution in [3.05, 3.63) is 36.2 Å². The maximum atomic E-state index is 11.4. The summed E-state index contributed by atoms with van der Waals surface area (Å²) in [5, 5.41) is 4.40. The van der Waals surface area contributed by atoms with Crippen LogP contribution >= 0.6 is 0 Å². The van der Waals surface area contributed by atoms with Gasteiger partial charge >= 0.3 is 0 Å². The van der Waals surface area contributed by atoms with Gasteiger partial charge in [0.1, 0.15) is 11.4 Å². The fourth-order valence-electron chi connectivity index (χ4n) is 1.72. The van der Waals surface area contributed by atoms with Gasteiger partial charge in [-0.2, -0.15) is 5.10 Å². The molecule has 2 N–H and O–H groups in total. The van der Waals surface area contributed by atoms with Crippen LogP contribution in [-0.4, -0.2) is 46.2 Å². The van der Waals surface area contributed by atoms with E-state index in [2.05, 4.69) is 10.1 Å². The molecule has 0 fully saturated rings. The van der Waals surface area contributed by atoms with Crippen molar-refractivity contribution >= 4 is 5.91 Å². The first kappa shape index (κ1) is 13.2. The maximum Gasteiger partial charge on any atom is 0.266 e. The fraction of sp³-hybridized carbons (Fsp3) is 0.308. The van der Waals surface area contributed by atoms with Gasteiger partial charge in [-0.15, -0.1) is 0 Å². The predicted molar refractivity (Wildman–Crippen MR) is 72.5 cm³/mol. The minimum Gasteiger partial charge on any atom is -0.364 e. The number of pyridine rings is 1. The Balaban J connectivity index is 2.32. The van der Waals surface area contributed by atoms with Crippen LogP contribution in [0.5, 0.6) is 0 Å². The topological polar surface area (TPSA) is 77.0 Å². The molecule has 1 amide bonds. The number of nitrogens with zero attached hydrogens (tertiary/aromatic N) is 4. The van der Waals surface area contributed by atoms with Gasteiger partial charge in [0.15, 0.2) is 0 Å². The second-order valence-corrected chi connectivity index (χ2v) is 4.52. The summed E-state index contributed by atoms with van der Waals surface area (Å²) in [4.78, 5) is 17.7. The number of hydrogen-bond acceptors (Lipinski definition) is 4. The van der Waals surface area contributed by atoms with E-state index < -0.39 is 5.91 Å². The highest BCUT2D eigenvalue weighted by molar-refractivity contribution is 5.92. The number of carbonyl (C=O) groups is 1. The van der Waals surface area contributed by atoms with Crippen LogP contribution in [-0.2, 0) is 6.54 Å². The number of likely N-dealkylation sites (N-methyl/N-ethyl adjacent to an activating group) is 1. The Kier molecular flexibility index (Phi) is 3.91. The van der Waals surface area contributed by atoms with E-state index >= 15 is 0 Å². The number of aromatic nitrogens is 3. The van der Waals surface area contributed by atoms with Crippen molar-refractivity contribution in [3.63, 3.8) is 0 Å². The zero-order valence-corrected chi connectivity index (χ0v) is 11.1. The zero-order valence-electron chi connectivity index (χ0n) is 11.1. The molecule has 0 aliphatic heterocycles. The summed E-state index contributed by atoms with van der Waals surface area (Å²) in [6.45, 7) is 1.39. The lowest BCUT2D eigenvalue weighted by Gasteiger charge is -2.10. The molecule has 0 saturated carbocycles. The van der Waals surface area contributed by atoms with Crippen molar-refractivity contribution in [3.8, 4) is 11.4 Å². The molecule has 2 aromatic rings. The molecule has 6 heteroatoms. The molecule has 0 aliphatic carbocycles. The number of nitrogens with two attached hydrogens (primary N) is 1. The summed E-state index contributed by atoms with van der Waals surface area (Å²) in [7, 11) is 3.93. The van der Waals surface area contributed by atoms with E-state index in [1.807, 2.05) is 37.2 Å². The predicted octanol–water partition coefficient (Wildman–Crippen LogP) is 0.606. The second-order valence-electron chi connectivity index (χ2n) is 4.52. The van der Waals surface area contributed by atoms with Gasteiger partial charge < -0.3 is 10.6 Å². The van der Waals surface area contributed by atoms with E-state index in [-0.39, 0.29) is 0 Å². The van der Waals surface area contributed by atoms with Gasteiger partial charge in [-0.25, -0.2) is 0 Å². The van der Waals surface area contributed by atoms with Crippen LogP contribution in [0.3, 0.4) is 0 Å². The van der Waals surface area contributed by atoms with E-state index in [0.29, 0.717) is 17.9 Å². The van der Waals surface area contributed by atoms with Crippen LogP contribution in [0, 0.1) is 0 Å². The Morgan fingerprint density at radius 2 is 2.16 bits per heavy atom. The van der Waals surface area contributed by atoms with Gasteiger partial charge in [0.25, 0.3) is 5.91 Å². The Hall–Kier alpha value is -2.21. The minimum absolute atomic E-state index is 0.405. The Morgan fingerprint density at radius 1 is 1.37 bits per heavy atom. The van der Waals surface area contributed by atoms with E-state index in [4.69, 9.17) is 5.73 Å². The lowest BCUT2D eigenvalue weighted by Crippen LogP contribution is -2.23. The molecular weight excluding hydrogens is 242 g/mol. The standard InChI is InChI=1S/C13H17N5O/c1-17(2)7-8-18-12(13(14)19)9-11(16-18)10-5-3-4-6-15-10/h3-6,9H,7-8H2,1-2H3,(H2,14,19). The lowest BCUT2D eigenvalue weighted by atomic mass is 10.2. The molecule has 2 heterocycles. The molecule has 0 atom stereocenters. The normalized spacial score (nSPS) is 10.9. The van der Waals surface area contributed by atoms with Gasteiger partial charge in [-0.3, -0.25) is 14.5 Å². The van der Waals surface area contributed by atoms with Gasteiger partial charge in [-0.05, 0) is 32.3 Å². The first-order valence-corrected chi connectivity index (χ1v) is 6.01. The highest BCUT2D eigenvalue weighted by Gasteiger charge is 2.14. The van der Waals surface area contributed by atoms with Crippen molar-refractivity contribution in [2.24, 2.45) is 5.73 Å². The van der Waals surface area contributed by atoms with Crippen LogP contribution in [0.2, 0.25) is 0 Å². The summed E-state index contributed by atoms with van der Waals surface area (Å²) in [6, 6.07) is 7.25. The van der Waals surface area contributed by atoms with Crippen molar-refractivity contribution < 1.29 is 4.79 Å². The third-order valence-corrected chi connectivity index (χ3v) is 2.72. The van der Waals surface area contributed by atoms with Gasteiger partial charge in [0.2, 0.25) is 0 Å². The third-order valence-electron chi connectivity index (χ3n) is 2.72. The van der Waals surface area contributed by atoms with E-state index in [1.54, 1.807) is 16.9 Å². The monoisotopic (exact) mass is 259 g/mol. The Morgan fingerprint density at radius 3 is 2.74 bits per heavy atom. The lowest BCUT2D eigenvalue weighted by molar-refractivity contribution is 0.0989. The van der Waals surface area contributed by atoms with Crippen molar-refractivity contribution in [1.29, 1.82) is 0 Å². The van der Waals surface area contributed by atoms with Crippen LogP contribution < -0.4 is 5.73 Å². The molecule has 0 radical (unpaired) electrons. The molecule has 2 rings (SSSR count). The molecule has 0 bridgehead atoms. The Bertz CT molecular complexity index is 562. The largest absolute Gasteiger partial charge is 0.364 e. The summed E-state index contributed by atoms with van der Waals surface area (Å²) in [5.41, 5.74) is 7.17. The minimum atomic E-state index is -0.478. The van der Waals surface area contributed by atoms with Crippen molar-refractivity contribution in [1.82, 2.24) is 19.7 Å². The summed E-state index contributed by atoms with van der Waals surface area (Å²) in [6.07, 6.45) is 1.69. The quantitative estimate of drug-likeness (QED) is 0.853. The molecule has 2 aromatic heterocycles. The van der Waals surface area contributed by atoms with E-state index in [9.17, 15) is 4.79 Å². The molecule has 19 heavy (non-hydrogen) atoms. The average Bonchev–Trinajstić information content (AvgIpc) is 2.81. The second kappa shape index (κ2) is 5.62. The number of hydrogen-bond donors (Lipinski definition) is 1. The van der Waals surface area contributed by atoms with E-state index in [1.165, 1.54) is 0 Å². The van der Waals surface area contributed by atoms with Crippen molar-refractivity contribution in [2.75, 3.05) is 20.6 Å². The molecule has 0 saturated heterocycles. The van der Waals surface area contributed by atoms with Gasteiger partial charge in [0.05, 0.1) is 12.2 Å². The number of carbonyl (C=O) groups excluding carboxylic acids is 1.